The Bertz CT molecular complexity index is 1350. The van der Waals surface area contributed by atoms with Crippen molar-refractivity contribution in [1.82, 2.24) is 4.98 Å². The van der Waals surface area contributed by atoms with Crippen molar-refractivity contribution >= 4 is 69.1 Å². The lowest BCUT2D eigenvalue weighted by Crippen LogP contribution is -2.20. The Balaban J connectivity index is 1.52. The summed E-state index contributed by atoms with van der Waals surface area (Å²) >= 11 is 24.3. The van der Waals surface area contributed by atoms with Crippen LogP contribution in [0, 0.1) is 13.8 Å². The first kappa shape index (κ1) is 22.7. The first-order valence-corrected chi connectivity index (χ1v) is 11.0. The lowest BCUT2D eigenvalue weighted by molar-refractivity contribution is -0.118. The van der Waals surface area contributed by atoms with E-state index in [0.29, 0.717) is 32.8 Å². The van der Waals surface area contributed by atoms with Crippen LogP contribution in [0.15, 0.2) is 46.9 Å². The molecule has 0 saturated heterocycles. The maximum atomic E-state index is 12.4. The van der Waals surface area contributed by atoms with Gasteiger partial charge in [0.2, 0.25) is 5.89 Å². The third-order valence-electron chi connectivity index (χ3n) is 4.63. The molecule has 164 valence electrons. The number of halogens is 4. The number of fused-ring (bicyclic) bond motifs is 1. The van der Waals surface area contributed by atoms with Gasteiger partial charge in [0, 0.05) is 11.8 Å². The van der Waals surface area contributed by atoms with Crippen LogP contribution in [-0.2, 0) is 4.79 Å². The zero-order valence-electron chi connectivity index (χ0n) is 16.9. The maximum Gasteiger partial charge on any atom is 0.262 e. The smallest absolute Gasteiger partial charge is 0.262 e. The molecule has 3 aromatic carbocycles. The second-order valence-corrected chi connectivity index (χ2v) is 8.81. The summed E-state index contributed by atoms with van der Waals surface area (Å²) in [5.41, 5.74) is 4.58. The second kappa shape index (κ2) is 9.20. The van der Waals surface area contributed by atoms with Gasteiger partial charge in [-0.15, -0.1) is 0 Å². The van der Waals surface area contributed by atoms with Crippen molar-refractivity contribution in [2.75, 3.05) is 11.9 Å². The highest BCUT2D eigenvalue weighted by Gasteiger charge is 2.16. The van der Waals surface area contributed by atoms with Gasteiger partial charge in [0.25, 0.3) is 5.91 Å². The summed E-state index contributed by atoms with van der Waals surface area (Å²) in [6, 6.07) is 11.9. The molecule has 0 radical (unpaired) electrons. The van der Waals surface area contributed by atoms with Gasteiger partial charge in [-0.2, -0.15) is 0 Å². The summed E-state index contributed by atoms with van der Waals surface area (Å²) in [7, 11) is 0. The number of hydrogen-bond acceptors (Lipinski definition) is 4. The Morgan fingerprint density at radius 3 is 2.50 bits per heavy atom. The van der Waals surface area contributed by atoms with E-state index >= 15 is 0 Å². The van der Waals surface area contributed by atoms with Gasteiger partial charge in [-0.05, 0) is 55.3 Å². The van der Waals surface area contributed by atoms with Crippen molar-refractivity contribution < 1.29 is 13.9 Å². The summed E-state index contributed by atoms with van der Waals surface area (Å²) in [6.45, 7) is 3.68. The number of nitrogens with one attached hydrogen (secondary N) is 1. The molecule has 0 aliphatic heterocycles. The number of aryl methyl sites for hydroxylation is 2. The summed E-state index contributed by atoms with van der Waals surface area (Å²) in [6.07, 6.45) is 0. The fourth-order valence-corrected chi connectivity index (χ4v) is 4.00. The van der Waals surface area contributed by atoms with Crippen LogP contribution in [0.4, 0.5) is 5.69 Å². The van der Waals surface area contributed by atoms with Crippen LogP contribution in [0.25, 0.3) is 22.6 Å². The van der Waals surface area contributed by atoms with Crippen molar-refractivity contribution in [3.05, 3.63) is 73.7 Å². The maximum absolute atomic E-state index is 12.4. The van der Waals surface area contributed by atoms with Crippen LogP contribution in [0.1, 0.15) is 11.1 Å². The van der Waals surface area contributed by atoms with Gasteiger partial charge in [-0.1, -0.05) is 52.5 Å². The van der Waals surface area contributed by atoms with Crippen LogP contribution in [0.5, 0.6) is 5.75 Å². The quantitative estimate of drug-likeness (QED) is 0.279. The van der Waals surface area contributed by atoms with E-state index in [-0.39, 0.29) is 22.4 Å². The summed E-state index contributed by atoms with van der Waals surface area (Å²) < 4.78 is 11.4. The standard InChI is InChI=1S/C23H16Cl4N2O3/c1-11-5-12(2)22-19(6-11)29-23(32-22)14-7-13(3-4-15(14)24)28-21(30)10-31-20-9-17(26)16(25)8-18(20)27/h3-9H,10H2,1-2H3,(H,28,30). The number of rotatable bonds is 5. The van der Waals surface area contributed by atoms with Gasteiger partial charge >= 0.3 is 0 Å². The highest BCUT2D eigenvalue weighted by molar-refractivity contribution is 6.43. The Kier molecular flexibility index (Phi) is 6.54. The van der Waals surface area contributed by atoms with E-state index in [9.17, 15) is 4.79 Å². The minimum absolute atomic E-state index is 0.252. The minimum Gasteiger partial charge on any atom is -0.482 e. The molecule has 0 spiro atoms. The van der Waals surface area contributed by atoms with E-state index in [1.54, 1.807) is 18.2 Å². The Morgan fingerprint density at radius 1 is 0.969 bits per heavy atom. The Morgan fingerprint density at radius 2 is 1.72 bits per heavy atom. The first-order valence-electron chi connectivity index (χ1n) is 9.46. The molecule has 1 heterocycles. The molecule has 4 rings (SSSR count). The van der Waals surface area contributed by atoms with E-state index in [1.165, 1.54) is 12.1 Å². The lowest BCUT2D eigenvalue weighted by Gasteiger charge is -2.10. The van der Waals surface area contributed by atoms with E-state index in [2.05, 4.69) is 10.3 Å². The van der Waals surface area contributed by atoms with Crippen LogP contribution in [0.2, 0.25) is 20.1 Å². The molecule has 0 aliphatic rings. The number of oxazole rings is 1. The van der Waals surface area contributed by atoms with Crippen molar-refractivity contribution in [2.45, 2.75) is 13.8 Å². The van der Waals surface area contributed by atoms with Gasteiger partial charge in [0.1, 0.15) is 11.3 Å². The number of anilines is 1. The summed E-state index contributed by atoms with van der Waals surface area (Å²) in [5, 5.41) is 4.03. The number of nitrogens with zero attached hydrogens (tertiary/aromatic N) is 1. The number of ether oxygens (including phenoxy) is 1. The van der Waals surface area contributed by atoms with Gasteiger partial charge in [0.15, 0.2) is 12.2 Å². The van der Waals surface area contributed by atoms with Gasteiger partial charge in [-0.25, -0.2) is 4.98 Å². The Hall–Kier alpha value is -2.44. The highest BCUT2D eigenvalue weighted by Crippen LogP contribution is 2.35. The number of amides is 1. The molecule has 4 aromatic rings. The van der Waals surface area contributed by atoms with Crippen LogP contribution in [-0.4, -0.2) is 17.5 Å². The molecule has 0 unspecified atom stereocenters. The molecule has 0 atom stereocenters. The van der Waals surface area contributed by atoms with Crippen LogP contribution >= 0.6 is 46.4 Å². The monoisotopic (exact) mass is 508 g/mol. The third-order valence-corrected chi connectivity index (χ3v) is 5.98. The number of carbonyl (C=O) groups excluding carboxylic acids is 1. The zero-order valence-corrected chi connectivity index (χ0v) is 20.0. The van der Waals surface area contributed by atoms with E-state index < -0.39 is 5.91 Å². The number of benzene rings is 3. The first-order chi connectivity index (χ1) is 15.2. The average Bonchev–Trinajstić information content (AvgIpc) is 3.15. The fourth-order valence-electron chi connectivity index (χ4n) is 3.21. The lowest BCUT2D eigenvalue weighted by atomic mass is 10.1. The van der Waals surface area contributed by atoms with Crippen molar-refractivity contribution in [3.8, 4) is 17.2 Å². The van der Waals surface area contributed by atoms with E-state index in [0.717, 1.165) is 16.6 Å². The predicted octanol–water partition coefficient (Wildman–Crippen LogP) is 7.74. The molecule has 0 bridgehead atoms. The SMILES string of the molecule is Cc1cc(C)c2oc(-c3cc(NC(=O)COc4cc(Cl)c(Cl)cc4Cl)ccc3Cl)nc2c1. The molecule has 32 heavy (non-hydrogen) atoms. The van der Waals surface area contributed by atoms with Crippen molar-refractivity contribution in [3.63, 3.8) is 0 Å². The minimum atomic E-state index is -0.399. The van der Waals surface area contributed by atoms with Crippen molar-refractivity contribution in [1.29, 1.82) is 0 Å². The van der Waals surface area contributed by atoms with Gasteiger partial charge in [0.05, 0.1) is 25.7 Å². The molecule has 5 nitrogen and oxygen atoms in total. The van der Waals surface area contributed by atoms with Gasteiger partial charge in [-0.3, -0.25) is 4.79 Å². The summed E-state index contributed by atoms with van der Waals surface area (Å²) in [5.74, 6) is 0.225. The third kappa shape index (κ3) is 4.81. The Labute approximate surface area is 204 Å². The zero-order chi connectivity index (χ0) is 23.0. The molecule has 9 heteroatoms. The van der Waals surface area contributed by atoms with E-state index in [4.69, 9.17) is 55.6 Å². The molecule has 0 fully saturated rings. The van der Waals surface area contributed by atoms with Crippen molar-refractivity contribution in [2.24, 2.45) is 0 Å². The van der Waals surface area contributed by atoms with Crippen LogP contribution < -0.4 is 10.1 Å². The molecule has 1 amide bonds. The summed E-state index contributed by atoms with van der Waals surface area (Å²) in [4.78, 5) is 17.0. The largest absolute Gasteiger partial charge is 0.482 e. The number of carbonyl (C=O) groups is 1. The molecule has 0 saturated carbocycles. The molecule has 1 aromatic heterocycles. The predicted molar refractivity (Wildman–Crippen MR) is 130 cm³/mol. The molecule has 1 N–H and O–H groups in total. The topological polar surface area (TPSA) is 64.4 Å². The molecule has 0 aliphatic carbocycles. The van der Waals surface area contributed by atoms with E-state index in [1.807, 2.05) is 26.0 Å². The fraction of sp³-hybridized carbons (Fsp3) is 0.130. The van der Waals surface area contributed by atoms with Gasteiger partial charge < -0.3 is 14.5 Å². The number of aromatic nitrogens is 1. The van der Waals surface area contributed by atoms with Crippen LogP contribution in [0.3, 0.4) is 0 Å². The second-order valence-electron chi connectivity index (χ2n) is 7.18. The average molecular weight is 510 g/mol. The molecular formula is C23H16Cl4N2O3. The highest BCUT2D eigenvalue weighted by atomic mass is 35.5. The molecular weight excluding hydrogens is 494 g/mol. The normalized spacial score (nSPS) is 11.1. The number of hydrogen-bond donors (Lipinski definition) is 1.